The number of halogens is 3. The first-order valence-electron chi connectivity index (χ1n) is 8.67. The molecular formula is C17H31Cl3N4OS. The molecule has 1 amide bonds. The molecule has 1 aromatic heterocycles. The van der Waals surface area contributed by atoms with Crippen LogP contribution in [0.5, 0.6) is 0 Å². The second-order valence-corrected chi connectivity index (χ2v) is 8.57. The van der Waals surface area contributed by atoms with Crippen LogP contribution in [0.3, 0.4) is 0 Å². The molecule has 2 atom stereocenters. The van der Waals surface area contributed by atoms with Gasteiger partial charge >= 0.3 is 0 Å². The standard InChI is InChI=1S/C17H28N4OS.3ClH/c1-13-19-11-14(23-13)12-20-7-9-21(10-8-20)16(22)15-5-3-4-6-17(15,2)18;;;/h11,15H,3-10,12,18H2,1-2H3;3*1H. The number of nitrogens with zero attached hydrogens (tertiary/aromatic N) is 3. The lowest BCUT2D eigenvalue weighted by molar-refractivity contribution is -0.140. The molecule has 152 valence electrons. The summed E-state index contributed by atoms with van der Waals surface area (Å²) in [5.41, 5.74) is 6.07. The van der Waals surface area contributed by atoms with Crippen molar-refractivity contribution in [2.45, 2.75) is 51.6 Å². The van der Waals surface area contributed by atoms with E-state index < -0.39 is 0 Å². The van der Waals surface area contributed by atoms with Crippen LogP contribution in [0.15, 0.2) is 6.20 Å². The number of amides is 1. The Hall–Kier alpha value is -0.110. The Labute approximate surface area is 179 Å². The summed E-state index contributed by atoms with van der Waals surface area (Å²) in [5, 5.41) is 1.12. The Bertz CT molecular complexity index is 562. The molecule has 1 aliphatic carbocycles. The van der Waals surface area contributed by atoms with Gasteiger partial charge in [-0.3, -0.25) is 9.69 Å². The van der Waals surface area contributed by atoms with Crippen LogP contribution in [0.2, 0.25) is 0 Å². The minimum atomic E-state index is -0.327. The molecule has 2 fully saturated rings. The first-order valence-corrected chi connectivity index (χ1v) is 9.49. The zero-order chi connectivity index (χ0) is 16.4. The highest BCUT2D eigenvalue weighted by molar-refractivity contribution is 7.11. The number of carbonyl (C=O) groups is 1. The first kappa shape index (κ1) is 25.9. The van der Waals surface area contributed by atoms with E-state index in [9.17, 15) is 4.79 Å². The van der Waals surface area contributed by atoms with Crippen LogP contribution in [0.4, 0.5) is 0 Å². The van der Waals surface area contributed by atoms with Crippen LogP contribution >= 0.6 is 48.6 Å². The van der Waals surface area contributed by atoms with E-state index in [0.29, 0.717) is 0 Å². The molecule has 1 saturated heterocycles. The van der Waals surface area contributed by atoms with Crippen molar-refractivity contribution >= 4 is 54.5 Å². The van der Waals surface area contributed by atoms with Crippen molar-refractivity contribution in [1.82, 2.24) is 14.8 Å². The average molecular weight is 446 g/mol. The second-order valence-electron chi connectivity index (χ2n) is 7.25. The Morgan fingerprint density at radius 3 is 2.46 bits per heavy atom. The normalized spacial score (nSPS) is 26.3. The predicted octanol–water partition coefficient (Wildman–Crippen LogP) is 3.27. The molecular weight excluding hydrogens is 415 g/mol. The van der Waals surface area contributed by atoms with Crippen LogP contribution in [-0.4, -0.2) is 52.4 Å². The molecule has 26 heavy (non-hydrogen) atoms. The zero-order valence-corrected chi connectivity index (χ0v) is 18.7. The van der Waals surface area contributed by atoms with Crippen molar-refractivity contribution in [1.29, 1.82) is 0 Å². The number of thiazole rings is 1. The molecule has 2 unspecified atom stereocenters. The van der Waals surface area contributed by atoms with Crippen molar-refractivity contribution in [3.8, 4) is 0 Å². The maximum absolute atomic E-state index is 12.9. The summed E-state index contributed by atoms with van der Waals surface area (Å²) in [6.07, 6.45) is 6.17. The molecule has 0 spiro atoms. The van der Waals surface area contributed by atoms with Gasteiger partial charge in [-0.2, -0.15) is 0 Å². The van der Waals surface area contributed by atoms with Crippen molar-refractivity contribution in [3.05, 3.63) is 16.1 Å². The molecule has 0 bridgehead atoms. The molecule has 2 N–H and O–H groups in total. The fourth-order valence-corrected chi connectivity index (χ4v) is 4.65. The molecule has 0 aromatic carbocycles. The van der Waals surface area contributed by atoms with Crippen molar-refractivity contribution in [3.63, 3.8) is 0 Å². The quantitative estimate of drug-likeness (QED) is 0.775. The number of rotatable bonds is 3. The van der Waals surface area contributed by atoms with Gasteiger partial charge in [-0.15, -0.1) is 48.6 Å². The third-order valence-electron chi connectivity index (χ3n) is 5.28. The first-order chi connectivity index (χ1) is 11.0. The van der Waals surface area contributed by atoms with Gasteiger partial charge in [0.2, 0.25) is 5.91 Å². The van der Waals surface area contributed by atoms with Crippen LogP contribution in [-0.2, 0) is 11.3 Å². The highest BCUT2D eigenvalue weighted by Gasteiger charge is 2.40. The van der Waals surface area contributed by atoms with E-state index >= 15 is 0 Å². The minimum absolute atomic E-state index is 0. The SMILES string of the molecule is Cc1ncc(CN2CCN(C(=O)C3CCCCC3(C)N)CC2)s1.Cl.Cl.Cl. The molecule has 0 radical (unpaired) electrons. The van der Waals surface area contributed by atoms with Gasteiger partial charge in [0.15, 0.2) is 0 Å². The molecule has 5 nitrogen and oxygen atoms in total. The number of aromatic nitrogens is 1. The van der Waals surface area contributed by atoms with Crippen molar-refractivity contribution < 1.29 is 4.79 Å². The van der Waals surface area contributed by atoms with Crippen molar-refractivity contribution in [2.24, 2.45) is 11.7 Å². The fraction of sp³-hybridized carbons (Fsp3) is 0.765. The van der Waals surface area contributed by atoms with E-state index in [1.165, 1.54) is 4.88 Å². The summed E-state index contributed by atoms with van der Waals surface area (Å²) in [5.74, 6) is 0.287. The summed E-state index contributed by atoms with van der Waals surface area (Å²) in [4.78, 5) is 22.9. The number of aryl methyl sites for hydroxylation is 1. The number of nitrogens with two attached hydrogens (primary N) is 1. The largest absolute Gasteiger partial charge is 0.340 e. The smallest absolute Gasteiger partial charge is 0.227 e. The topological polar surface area (TPSA) is 62.5 Å². The van der Waals surface area contributed by atoms with Crippen LogP contribution in [0.25, 0.3) is 0 Å². The third kappa shape index (κ3) is 6.21. The number of hydrogen-bond donors (Lipinski definition) is 1. The summed E-state index contributed by atoms with van der Waals surface area (Å²) in [6.45, 7) is 8.57. The van der Waals surface area contributed by atoms with E-state index in [1.54, 1.807) is 11.3 Å². The van der Waals surface area contributed by atoms with E-state index in [-0.39, 0.29) is 54.6 Å². The second kappa shape index (κ2) is 11.0. The van der Waals surface area contributed by atoms with Crippen LogP contribution in [0, 0.1) is 12.8 Å². The highest BCUT2D eigenvalue weighted by atomic mass is 35.5. The van der Waals surface area contributed by atoms with Gasteiger partial charge in [0, 0.05) is 49.3 Å². The monoisotopic (exact) mass is 444 g/mol. The lowest BCUT2D eigenvalue weighted by atomic mass is 9.74. The Balaban J connectivity index is 0.00000208. The lowest BCUT2D eigenvalue weighted by Crippen LogP contribution is -2.57. The minimum Gasteiger partial charge on any atom is -0.340 e. The third-order valence-corrected chi connectivity index (χ3v) is 6.18. The maximum Gasteiger partial charge on any atom is 0.227 e. The lowest BCUT2D eigenvalue weighted by Gasteiger charge is -2.42. The summed E-state index contributed by atoms with van der Waals surface area (Å²) in [7, 11) is 0. The Kier molecular flexibility index (Phi) is 11.0. The maximum atomic E-state index is 12.9. The summed E-state index contributed by atoms with van der Waals surface area (Å²) in [6, 6.07) is 0. The number of piperazine rings is 1. The van der Waals surface area contributed by atoms with Gasteiger partial charge in [0.25, 0.3) is 0 Å². The van der Waals surface area contributed by atoms with E-state index in [4.69, 9.17) is 5.73 Å². The van der Waals surface area contributed by atoms with Crippen LogP contribution in [0.1, 0.15) is 42.5 Å². The fourth-order valence-electron chi connectivity index (χ4n) is 3.81. The van der Waals surface area contributed by atoms with Gasteiger partial charge in [-0.25, -0.2) is 4.98 Å². The van der Waals surface area contributed by atoms with E-state index in [1.807, 2.05) is 18.0 Å². The van der Waals surface area contributed by atoms with Gasteiger partial charge < -0.3 is 10.6 Å². The van der Waals surface area contributed by atoms with E-state index in [2.05, 4.69) is 16.8 Å². The molecule has 2 heterocycles. The van der Waals surface area contributed by atoms with Gasteiger partial charge in [-0.05, 0) is 26.7 Å². The Morgan fingerprint density at radius 1 is 1.27 bits per heavy atom. The molecule has 2 aliphatic rings. The van der Waals surface area contributed by atoms with Crippen LogP contribution < -0.4 is 5.73 Å². The average Bonchev–Trinajstić information content (AvgIpc) is 2.92. The predicted molar refractivity (Wildman–Crippen MR) is 115 cm³/mol. The highest BCUT2D eigenvalue weighted by Crippen LogP contribution is 2.33. The zero-order valence-electron chi connectivity index (χ0n) is 15.5. The summed E-state index contributed by atoms with van der Waals surface area (Å²) >= 11 is 1.76. The molecule has 1 aromatic rings. The number of hydrogen-bond acceptors (Lipinski definition) is 5. The molecule has 9 heteroatoms. The van der Waals surface area contributed by atoms with E-state index in [0.717, 1.165) is 63.4 Å². The molecule has 1 saturated carbocycles. The molecule has 3 rings (SSSR count). The summed E-state index contributed by atoms with van der Waals surface area (Å²) < 4.78 is 0. The Morgan fingerprint density at radius 2 is 1.92 bits per heavy atom. The van der Waals surface area contributed by atoms with Crippen molar-refractivity contribution in [2.75, 3.05) is 26.2 Å². The van der Waals surface area contributed by atoms with Gasteiger partial charge in [-0.1, -0.05) is 12.8 Å². The van der Waals surface area contributed by atoms with Gasteiger partial charge in [0.05, 0.1) is 10.9 Å². The number of carbonyl (C=O) groups excluding carboxylic acids is 1. The molecule has 1 aliphatic heterocycles. The van der Waals surface area contributed by atoms with Gasteiger partial charge in [0.1, 0.15) is 0 Å².